The first kappa shape index (κ1) is 28.6. The van der Waals surface area contributed by atoms with Crippen LogP contribution in [0.3, 0.4) is 0 Å². The minimum absolute atomic E-state index is 0.108. The van der Waals surface area contributed by atoms with Crippen LogP contribution in [-0.2, 0) is 27.2 Å². The number of carbonyl (C=O) groups excluding carboxylic acids is 2. The van der Waals surface area contributed by atoms with E-state index in [0.717, 1.165) is 18.4 Å². The Balaban J connectivity index is 2.06. The molecule has 36 heavy (non-hydrogen) atoms. The molecule has 0 saturated carbocycles. The van der Waals surface area contributed by atoms with E-state index in [1.807, 2.05) is 12.1 Å². The van der Waals surface area contributed by atoms with E-state index in [-0.39, 0.29) is 12.8 Å². The second kappa shape index (κ2) is 14.1. The first-order chi connectivity index (χ1) is 17.1. The van der Waals surface area contributed by atoms with E-state index in [0.29, 0.717) is 36.6 Å². The van der Waals surface area contributed by atoms with E-state index in [2.05, 4.69) is 22.5 Å². The number of hydrogen-bond acceptors (Lipinski definition) is 6. The third kappa shape index (κ3) is 11.2. The Morgan fingerprint density at radius 3 is 2.36 bits per heavy atom. The highest BCUT2D eigenvalue weighted by Crippen LogP contribution is 2.15. The predicted octanol–water partition coefficient (Wildman–Crippen LogP) is 4.74. The average Bonchev–Trinajstić information content (AvgIpc) is 2.79. The van der Waals surface area contributed by atoms with E-state index in [9.17, 15) is 14.4 Å². The molecule has 9 nitrogen and oxygen atoms in total. The maximum absolute atomic E-state index is 13.1. The molecule has 2 rings (SSSR count). The number of alkyl carbamates (subject to hydrolysis) is 1. The molecule has 0 aliphatic rings. The summed E-state index contributed by atoms with van der Waals surface area (Å²) in [6.07, 6.45) is 4.33. The molecule has 0 unspecified atom stereocenters. The number of aliphatic carboxylic acids is 1. The number of nitrogens with one attached hydrogen (secondary N) is 2. The summed E-state index contributed by atoms with van der Waals surface area (Å²) in [6, 6.07) is 9.82. The van der Waals surface area contributed by atoms with Gasteiger partial charge < -0.3 is 25.2 Å². The lowest BCUT2D eigenvalue weighted by molar-refractivity contribution is -0.137. The lowest BCUT2D eigenvalue weighted by atomic mass is 10.1. The second-order valence-electron chi connectivity index (χ2n) is 9.52. The Kier molecular flexibility index (Phi) is 11.2. The number of anilines is 1. The molecule has 0 fully saturated rings. The molecule has 0 aliphatic heterocycles. The Morgan fingerprint density at radius 1 is 1.06 bits per heavy atom. The van der Waals surface area contributed by atoms with Crippen LogP contribution in [-0.4, -0.2) is 46.3 Å². The normalized spacial score (nSPS) is 11.9. The van der Waals surface area contributed by atoms with Crippen molar-refractivity contribution in [2.24, 2.45) is 0 Å². The van der Waals surface area contributed by atoms with E-state index in [4.69, 9.17) is 14.6 Å². The summed E-state index contributed by atoms with van der Waals surface area (Å²) in [4.78, 5) is 40.6. The lowest BCUT2D eigenvalue weighted by Crippen LogP contribution is -2.47. The monoisotopic (exact) mass is 499 g/mol. The number of amides is 2. The zero-order valence-electron chi connectivity index (χ0n) is 21.5. The molecule has 0 aliphatic carbocycles. The first-order valence-electron chi connectivity index (χ1n) is 12.2. The summed E-state index contributed by atoms with van der Waals surface area (Å²) in [5, 5.41) is 14.2. The van der Waals surface area contributed by atoms with Crippen LogP contribution in [0, 0.1) is 0 Å². The number of benzene rings is 1. The topological polar surface area (TPSA) is 127 Å². The molecular formula is C27H37N3O6. The van der Waals surface area contributed by atoms with E-state index in [1.54, 1.807) is 51.2 Å². The maximum Gasteiger partial charge on any atom is 0.408 e. The molecule has 0 bridgehead atoms. The van der Waals surface area contributed by atoms with E-state index >= 15 is 0 Å². The van der Waals surface area contributed by atoms with Crippen molar-refractivity contribution >= 4 is 23.7 Å². The van der Waals surface area contributed by atoms with Crippen LogP contribution in [0.5, 0.6) is 5.75 Å². The molecule has 1 atom stereocenters. The van der Waals surface area contributed by atoms with Gasteiger partial charge in [-0.3, -0.25) is 14.6 Å². The average molecular weight is 500 g/mol. The summed E-state index contributed by atoms with van der Waals surface area (Å²) < 4.78 is 11.0. The number of hydrogen-bond donors (Lipinski definition) is 3. The van der Waals surface area contributed by atoms with Crippen LogP contribution >= 0.6 is 0 Å². The van der Waals surface area contributed by atoms with Crippen LogP contribution in [0.2, 0.25) is 0 Å². The van der Waals surface area contributed by atoms with E-state index in [1.165, 1.54) is 0 Å². The maximum atomic E-state index is 13.1. The molecule has 1 aromatic carbocycles. The number of ether oxygens (including phenoxy) is 2. The zero-order valence-corrected chi connectivity index (χ0v) is 21.5. The molecular weight excluding hydrogens is 462 g/mol. The van der Waals surface area contributed by atoms with Gasteiger partial charge >= 0.3 is 12.1 Å². The van der Waals surface area contributed by atoms with Crippen LogP contribution in [0.1, 0.15) is 64.6 Å². The van der Waals surface area contributed by atoms with Gasteiger partial charge in [0.1, 0.15) is 17.4 Å². The molecule has 2 amide bonds. The van der Waals surface area contributed by atoms with Crippen molar-refractivity contribution in [3.05, 3.63) is 53.9 Å². The van der Waals surface area contributed by atoms with Crippen molar-refractivity contribution in [2.45, 2.75) is 77.9 Å². The fraction of sp³-hybridized carbons (Fsp3) is 0.481. The SMILES string of the molecule is CCCCOc1ccc(C[C@@H](NC(=O)OC(C)(C)C)C(=O)Nc2ccc(CCCC(=O)O)cc2)nc1. The van der Waals surface area contributed by atoms with Gasteiger partial charge in [0.25, 0.3) is 0 Å². The molecule has 0 radical (unpaired) electrons. The number of nitrogens with zero attached hydrogens (tertiary/aromatic N) is 1. The first-order valence-corrected chi connectivity index (χ1v) is 12.2. The molecule has 3 N–H and O–H groups in total. The molecule has 9 heteroatoms. The van der Waals surface area contributed by atoms with Gasteiger partial charge in [0.05, 0.1) is 12.8 Å². The van der Waals surface area contributed by atoms with Gasteiger partial charge in [-0.1, -0.05) is 25.5 Å². The lowest BCUT2D eigenvalue weighted by Gasteiger charge is -2.23. The van der Waals surface area contributed by atoms with Crippen molar-refractivity contribution in [1.29, 1.82) is 0 Å². The van der Waals surface area contributed by atoms with Crippen LogP contribution in [0.15, 0.2) is 42.6 Å². The number of aromatic nitrogens is 1. The number of pyridine rings is 1. The summed E-state index contributed by atoms with van der Waals surface area (Å²) >= 11 is 0. The number of unbranched alkanes of at least 4 members (excludes halogenated alkanes) is 1. The minimum atomic E-state index is -0.922. The summed E-state index contributed by atoms with van der Waals surface area (Å²) in [7, 11) is 0. The highest BCUT2D eigenvalue weighted by atomic mass is 16.6. The standard InChI is InChI=1S/C27H37N3O6/c1-5-6-16-35-22-15-14-21(28-18-22)17-23(30-26(34)36-27(2,3)4)25(33)29-20-12-10-19(11-13-20)8-7-9-24(31)32/h10-15,18,23H,5-9,16-17H2,1-4H3,(H,29,33)(H,30,34)(H,31,32)/t23-/m1/s1. The van der Waals surface area contributed by atoms with Gasteiger partial charge in [-0.2, -0.15) is 0 Å². The fourth-order valence-corrected chi connectivity index (χ4v) is 3.25. The number of carboxylic acids is 1. The molecule has 0 spiro atoms. The van der Waals surface area contributed by atoms with Gasteiger partial charge in [0.2, 0.25) is 5.91 Å². The summed E-state index contributed by atoms with van der Waals surface area (Å²) in [6.45, 7) is 7.95. The Bertz CT molecular complexity index is 984. The molecule has 1 heterocycles. The highest BCUT2D eigenvalue weighted by Gasteiger charge is 2.25. The Morgan fingerprint density at radius 2 is 1.78 bits per heavy atom. The van der Waals surface area contributed by atoms with Gasteiger partial charge in [-0.05, 0) is 69.9 Å². The predicted molar refractivity (Wildman–Crippen MR) is 137 cm³/mol. The summed E-state index contributed by atoms with van der Waals surface area (Å²) in [5.41, 5.74) is 1.44. The molecule has 2 aromatic rings. The smallest absolute Gasteiger partial charge is 0.408 e. The van der Waals surface area contributed by atoms with Crippen molar-refractivity contribution in [2.75, 3.05) is 11.9 Å². The van der Waals surface area contributed by atoms with Crippen molar-refractivity contribution in [3.8, 4) is 5.75 Å². The molecule has 0 saturated heterocycles. The quantitative estimate of drug-likeness (QED) is 0.340. The molecule has 1 aromatic heterocycles. The van der Waals surface area contributed by atoms with Gasteiger partial charge in [0, 0.05) is 24.2 Å². The largest absolute Gasteiger partial charge is 0.492 e. The summed E-state index contributed by atoms with van der Waals surface area (Å²) in [5.74, 6) is -0.586. The zero-order chi connectivity index (χ0) is 26.6. The van der Waals surface area contributed by atoms with Gasteiger partial charge in [-0.25, -0.2) is 4.79 Å². The van der Waals surface area contributed by atoms with Crippen molar-refractivity contribution in [1.82, 2.24) is 10.3 Å². The number of aryl methyl sites for hydroxylation is 1. The van der Waals surface area contributed by atoms with Crippen LogP contribution in [0.4, 0.5) is 10.5 Å². The minimum Gasteiger partial charge on any atom is -0.492 e. The Hall–Kier alpha value is -3.62. The van der Waals surface area contributed by atoms with Gasteiger partial charge in [0.15, 0.2) is 0 Å². The van der Waals surface area contributed by atoms with Gasteiger partial charge in [-0.15, -0.1) is 0 Å². The number of carboxylic acid groups (broad SMARTS) is 1. The second-order valence-corrected chi connectivity index (χ2v) is 9.52. The Labute approximate surface area is 212 Å². The van der Waals surface area contributed by atoms with Crippen LogP contribution in [0.25, 0.3) is 0 Å². The number of carbonyl (C=O) groups is 3. The highest BCUT2D eigenvalue weighted by molar-refractivity contribution is 5.96. The fourth-order valence-electron chi connectivity index (χ4n) is 3.25. The third-order valence-corrected chi connectivity index (χ3v) is 5.06. The van der Waals surface area contributed by atoms with Crippen molar-refractivity contribution in [3.63, 3.8) is 0 Å². The van der Waals surface area contributed by atoms with Crippen LogP contribution < -0.4 is 15.4 Å². The third-order valence-electron chi connectivity index (χ3n) is 5.06. The van der Waals surface area contributed by atoms with E-state index < -0.39 is 29.6 Å². The van der Waals surface area contributed by atoms with Crippen molar-refractivity contribution < 1.29 is 29.0 Å². The molecule has 196 valence electrons. The number of rotatable bonds is 13.